The standard InChI is InChI=1S/C14H21N/c1-10-4-3-5-12(8-10)13-9-11(2)6-7-14(13)15/h6-7,9-10,12H,3-5,8,15H2,1-2H3. The van der Waals surface area contributed by atoms with Crippen molar-refractivity contribution in [2.24, 2.45) is 5.92 Å². The zero-order chi connectivity index (χ0) is 10.8. The lowest BCUT2D eigenvalue weighted by Gasteiger charge is -2.28. The maximum atomic E-state index is 6.07. The van der Waals surface area contributed by atoms with E-state index in [0.717, 1.165) is 11.6 Å². The molecule has 0 heterocycles. The third-order valence-electron chi connectivity index (χ3n) is 3.62. The van der Waals surface area contributed by atoms with E-state index in [1.165, 1.54) is 36.8 Å². The van der Waals surface area contributed by atoms with Gasteiger partial charge in [0.1, 0.15) is 0 Å². The molecule has 1 saturated carbocycles. The third-order valence-corrected chi connectivity index (χ3v) is 3.62. The van der Waals surface area contributed by atoms with E-state index in [2.05, 4.69) is 32.0 Å². The SMILES string of the molecule is Cc1ccc(N)c(C2CCCC(C)C2)c1. The molecule has 1 aromatic carbocycles. The summed E-state index contributed by atoms with van der Waals surface area (Å²) in [5.74, 6) is 1.57. The molecule has 82 valence electrons. The molecule has 1 heteroatoms. The monoisotopic (exact) mass is 203 g/mol. The van der Waals surface area contributed by atoms with Crippen molar-refractivity contribution >= 4 is 5.69 Å². The van der Waals surface area contributed by atoms with Crippen LogP contribution in [0.2, 0.25) is 0 Å². The molecule has 2 rings (SSSR count). The lowest BCUT2D eigenvalue weighted by molar-refractivity contribution is 0.344. The van der Waals surface area contributed by atoms with E-state index in [9.17, 15) is 0 Å². The van der Waals surface area contributed by atoms with Crippen LogP contribution in [0.25, 0.3) is 0 Å². The van der Waals surface area contributed by atoms with Crippen molar-refractivity contribution < 1.29 is 0 Å². The summed E-state index contributed by atoms with van der Waals surface area (Å²) in [7, 11) is 0. The number of anilines is 1. The number of hydrogen-bond donors (Lipinski definition) is 1. The summed E-state index contributed by atoms with van der Waals surface area (Å²) in [4.78, 5) is 0. The summed E-state index contributed by atoms with van der Waals surface area (Å²) in [6.45, 7) is 4.51. The lowest BCUT2D eigenvalue weighted by atomic mass is 9.78. The van der Waals surface area contributed by atoms with E-state index in [1.54, 1.807) is 0 Å². The molecule has 0 bridgehead atoms. The van der Waals surface area contributed by atoms with Crippen LogP contribution >= 0.6 is 0 Å². The van der Waals surface area contributed by atoms with Gasteiger partial charge in [0.25, 0.3) is 0 Å². The third kappa shape index (κ3) is 2.34. The Labute approximate surface area is 92.7 Å². The van der Waals surface area contributed by atoms with E-state index in [-0.39, 0.29) is 0 Å². The summed E-state index contributed by atoms with van der Waals surface area (Å²) in [6.07, 6.45) is 5.38. The molecular formula is C14H21N. The Bertz CT molecular complexity index is 343. The van der Waals surface area contributed by atoms with Crippen LogP contribution in [0.3, 0.4) is 0 Å². The molecule has 2 unspecified atom stereocenters. The van der Waals surface area contributed by atoms with Gasteiger partial charge in [-0.15, -0.1) is 0 Å². The number of rotatable bonds is 1. The van der Waals surface area contributed by atoms with Crippen LogP contribution in [-0.2, 0) is 0 Å². The average Bonchev–Trinajstić information content (AvgIpc) is 2.22. The second kappa shape index (κ2) is 4.26. The van der Waals surface area contributed by atoms with Crippen molar-refractivity contribution in [3.63, 3.8) is 0 Å². The summed E-state index contributed by atoms with van der Waals surface area (Å²) >= 11 is 0. The fourth-order valence-corrected chi connectivity index (χ4v) is 2.76. The first-order chi connectivity index (χ1) is 7.16. The molecule has 1 aliphatic carbocycles. The maximum Gasteiger partial charge on any atom is 0.0349 e. The average molecular weight is 203 g/mol. The van der Waals surface area contributed by atoms with E-state index >= 15 is 0 Å². The highest BCUT2D eigenvalue weighted by atomic mass is 14.6. The molecule has 15 heavy (non-hydrogen) atoms. The maximum absolute atomic E-state index is 6.07. The molecule has 1 fully saturated rings. The lowest BCUT2D eigenvalue weighted by Crippen LogP contribution is -2.13. The molecule has 1 nitrogen and oxygen atoms in total. The fraction of sp³-hybridized carbons (Fsp3) is 0.571. The minimum atomic E-state index is 0.702. The first-order valence-corrected chi connectivity index (χ1v) is 6.03. The van der Waals surface area contributed by atoms with Gasteiger partial charge in [-0.05, 0) is 43.2 Å². The number of hydrogen-bond acceptors (Lipinski definition) is 1. The first kappa shape index (κ1) is 10.5. The molecule has 0 radical (unpaired) electrons. The molecule has 2 atom stereocenters. The van der Waals surface area contributed by atoms with Gasteiger partial charge in [-0.2, -0.15) is 0 Å². The minimum Gasteiger partial charge on any atom is -0.398 e. The number of benzene rings is 1. The van der Waals surface area contributed by atoms with Crippen molar-refractivity contribution in [2.45, 2.75) is 45.4 Å². The predicted molar refractivity (Wildman–Crippen MR) is 66.0 cm³/mol. The zero-order valence-corrected chi connectivity index (χ0v) is 9.79. The highest BCUT2D eigenvalue weighted by Gasteiger charge is 2.21. The molecule has 0 spiro atoms. The molecule has 2 N–H and O–H groups in total. The summed E-state index contributed by atoms with van der Waals surface area (Å²) in [5, 5.41) is 0. The van der Waals surface area contributed by atoms with Crippen LogP contribution in [0.5, 0.6) is 0 Å². The van der Waals surface area contributed by atoms with Crippen molar-refractivity contribution in [3.05, 3.63) is 29.3 Å². The highest BCUT2D eigenvalue weighted by Crippen LogP contribution is 2.38. The zero-order valence-electron chi connectivity index (χ0n) is 9.79. The number of nitrogen functional groups attached to an aromatic ring is 1. The molecule has 1 aromatic rings. The topological polar surface area (TPSA) is 26.0 Å². The van der Waals surface area contributed by atoms with E-state index in [1.807, 2.05) is 0 Å². The van der Waals surface area contributed by atoms with Gasteiger partial charge in [0.15, 0.2) is 0 Å². The van der Waals surface area contributed by atoms with Gasteiger partial charge in [-0.3, -0.25) is 0 Å². The Morgan fingerprint density at radius 2 is 2.07 bits per heavy atom. The van der Waals surface area contributed by atoms with Gasteiger partial charge in [0, 0.05) is 5.69 Å². The Balaban J connectivity index is 2.24. The predicted octanol–water partition coefficient (Wildman–Crippen LogP) is 3.87. The van der Waals surface area contributed by atoms with Crippen LogP contribution in [0.15, 0.2) is 18.2 Å². The Hall–Kier alpha value is -0.980. The minimum absolute atomic E-state index is 0.702. The van der Waals surface area contributed by atoms with Gasteiger partial charge < -0.3 is 5.73 Å². The Morgan fingerprint density at radius 3 is 2.80 bits per heavy atom. The second-order valence-electron chi connectivity index (χ2n) is 5.10. The summed E-state index contributed by atoms with van der Waals surface area (Å²) in [5.41, 5.74) is 9.77. The molecule has 0 saturated heterocycles. The molecular weight excluding hydrogens is 182 g/mol. The van der Waals surface area contributed by atoms with Crippen molar-refractivity contribution in [1.29, 1.82) is 0 Å². The van der Waals surface area contributed by atoms with Crippen molar-refractivity contribution in [2.75, 3.05) is 5.73 Å². The Kier molecular flexibility index (Phi) is 2.99. The van der Waals surface area contributed by atoms with E-state index in [4.69, 9.17) is 5.73 Å². The molecule has 0 aromatic heterocycles. The number of nitrogens with two attached hydrogens (primary N) is 1. The second-order valence-corrected chi connectivity index (χ2v) is 5.10. The normalized spacial score (nSPS) is 26.5. The smallest absolute Gasteiger partial charge is 0.0349 e. The molecule has 0 aliphatic heterocycles. The largest absolute Gasteiger partial charge is 0.398 e. The van der Waals surface area contributed by atoms with Gasteiger partial charge in [-0.25, -0.2) is 0 Å². The Morgan fingerprint density at radius 1 is 1.27 bits per heavy atom. The van der Waals surface area contributed by atoms with E-state index < -0.39 is 0 Å². The van der Waals surface area contributed by atoms with Crippen LogP contribution in [0, 0.1) is 12.8 Å². The van der Waals surface area contributed by atoms with Crippen LogP contribution in [0.1, 0.15) is 49.7 Å². The van der Waals surface area contributed by atoms with Crippen LogP contribution in [0.4, 0.5) is 5.69 Å². The van der Waals surface area contributed by atoms with Crippen molar-refractivity contribution in [3.8, 4) is 0 Å². The van der Waals surface area contributed by atoms with Crippen LogP contribution in [-0.4, -0.2) is 0 Å². The summed E-state index contributed by atoms with van der Waals surface area (Å²) in [6, 6.07) is 6.44. The molecule has 1 aliphatic rings. The first-order valence-electron chi connectivity index (χ1n) is 6.03. The van der Waals surface area contributed by atoms with Gasteiger partial charge in [0.05, 0.1) is 0 Å². The molecule has 0 amide bonds. The van der Waals surface area contributed by atoms with Crippen molar-refractivity contribution in [1.82, 2.24) is 0 Å². The van der Waals surface area contributed by atoms with Gasteiger partial charge >= 0.3 is 0 Å². The summed E-state index contributed by atoms with van der Waals surface area (Å²) < 4.78 is 0. The quantitative estimate of drug-likeness (QED) is 0.689. The number of aryl methyl sites for hydroxylation is 1. The fourth-order valence-electron chi connectivity index (χ4n) is 2.76. The van der Waals surface area contributed by atoms with Crippen LogP contribution < -0.4 is 5.73 Å². The van der Waals surface area contributed by atoms with Gasteiger partial charge in [-0.1, -0.05) is 37.5 Å². The highest BCUT2D eigenvalue weighted by molar-refractivity contribution is 5.50. The van der Waals surface area contributed by atoms with E-state index in [0.29, 0.717) is 5.92 Å². The van der Waals surface area contributed by atoms with Gasteiger partial charge in [0.2, 0.25) is 0 Å².